The molecule has 0 saturated carbocycles. The highest BCUT2D eigenvalue weighted by atomic mass is 16.5. The third-order valence-corrected chi connectivity index (χ3v) is 3.02. The molecule has 0 bridgehead atoms. The first kappa shape index (κ1) is 17.2. The van der Waals surface area contributed by atoms with Crippen LogP contribution in [0, 0.1) is 0 Å². The molecule has 0 N–H and O–H groups in total. The first-order valence-corrected chi connectivity index (χ1v) is 7.50. The van der Waals surface area contributed by atoms with Crippen molar-refractivity contribution in [1.29, 1.82) is 0 Å². The van der Waals surface area contributed by atoms with E-state index < -0.39 is 11.9 Å². The van der Waals surface area contributed by atoms with Crippen LogP contribution in [-0.4, -0.2) is 11.9 Å². The Labute approximate surface area is 141 Å². The standard InChI is InChI=1S/C20H18O4/c21-19(23-15-17-9-3-1-4-10-17)13-7-8-14-20(22)24-16-18-11-5-2-6-12-18/h1-14H,15-16H2/b13-7+,14-8+. The van der Waals surface area contributed by atoms with Crippen LogP contribution >= 0.6 is 0 Å². The van der Waals surface area contributed by atoms with Gasteiger partial charge in [0, 0.05) is 12.2 Å². The van der Waals surface area contributed by atoms with E-state index in [1.54, 1.807) is 0 Å². The Morgan fingerprint density at radius 3 is 1.42 bits per heavy atom. The molecule has 122 valence electrons. The zero-order valence-corrected chi connectivity index (χ0v) is 13.1. The Morgan fingerprint density at radius 2 is 1.04 bits per heavy atom. The fourth-order valence-electron chi connectivity index (χ4n) is 1.82. The third-order valence-electron chi connectivity index (χ3n) is 3.02. The molecule has 2 aromatic carbocycles. The summed E-state index contributed by atoms with van der Waals surface area (Å²) in [6, 6.07) is 18.8. The Bertz CT molecular complexity index is 639. The predicted octanol–water partition coefficient (Wildman–Crippen LogP) is 3.59. The van der Waals surface area contributed by atoms with Crippen molar-refractivity contribution >= 4 is 11.9 Å². The average Bonchev–Trinajstić information content (AvgIpc) is 2.63. The van der Waals surface area contributed by atoms with Crippen molar-refractivity contribution in [1.82, 2.24) is 0 Å². The minimum absolute atomic E-state index is 0.215. The lowest BCUT2D eigenvalue weighted by atomic mass is 10.2. The number of allylic oxidation sites excluding steroid dienone is 2. The molecule has 0 aliphatic carbocycles. The number of carbonyl (C=O) groups excluding carboxylic acids is 2. The molecule has 0 saturated heterocycles. The van der Waals surface area contributed by atoms with Gasteiger partial charge in [-0.05, 0) is 11.1 Å². The number of hydrogen-bond acceptors (Lipinski definition) is 4. The molecule has 0 amide bonds. The molecule has 0 fully saturated rings. The van der Waals surface area contributed by atoms with E-state index in [4.69, 9.17) is 9.47 Å². The van der Waals surface area contributed by atoms with Crippen molar-refractivity contribution in [3.63, 3.8) is 0 Å². The number of carbonyl (C=O) groups is 2. The molecule has 0 spiro atoms. The van der Waals surface area contributed by atoms with Crippen LogP contribution in [0.2, 0.25) is 0 Å². The van der Waals surface area contributed by atoms with Gasteiger partial charge in [-0.2, -0.15) is 0 Å². The SMILES string of the molecule is O=C(/C=C/C=C/C(=O)OCc1ccccc1)OCc1ccccc1. The summed E-state index contributed by atoms with van der Waals surface area (Å²) < 4.78 is 10.1. The van der Waals surface area contributed by atoms with Crippen LogP contribution in [0.4, 0.5) is 0 Å². The number of benzene rings is 2. The van der Waals surface area contributed by atoms with Gasteiger partial charge in [0.05, 0.1) is 0 Å². The van der Waals surface area contributed by atoms with E-state index in [0.717, 1.165) is 11.1 Å². The van der Waals surface area contributed by atoms with Gasteiger partial charge in [0.25, 0.3) is 0 Å². The minimum Gasteiger partial charge on any atom is -0.458 e. The summed E-state index contributed by atoms with van der Waals surface area (Å²) in [5.74, 6) is -0.942. The van der Waals surface area contributed by atoms with Gasteiger partial charge in [-0.1, -0.05) is 72.8 Å². The van der Waals surface area contributed by atoms with Crippen molar-refractivity contribution in [3.05, 3.63) is 96.1 Å². The van der Waals surface area contributed by atoms with Crippen LogP contribution in [0.5, 0.6) is 0 Å². The summed E-state index contributed by atoms with van der Waals surface area (Å²) in [4.78, 5) is 23.0. The molecule has 4 nitrogen and oxygen atoms in total. The van der Waals surface area contributed by atoms with Crippen molar-refractivity contribution in [3.8, 4) is 0 Å². The average molecular weight is 322 g/mol. The summed E-state index contributed by atoms with van der Waals surface area (Å²) in [6.07, 6.45) is 5.39. The van der Waals surface area contributed by atoms with E-state index in [1.807, 2.05) is 60.7 Å². The second-order valence-corrected chi connectivity index (χ2v) is 4.90. The molecular weight excluding hydrogens is 304 g/mol. The van der Waals surface area contributed by atoms with Crippen LogP contribution in [0.15, 0.2) is 85.0 Å². The summed E-state index contributed by atoms with van der Waals surface area (Å²) in [6.45, 7) is 0.430. The lowest BCUT2D eigenvalue weighted by Gasteiger charge is -2.01. The monoisotopic (exact) mass is 322 g/mol. The topological polar surface area (TPSA) is 52.6 Å². The first-order valence-electron chi connectivity index (χ1n) is 7.50. The van der Waals surface area contributed by atoms with E-state index >= 15 is 0 Å². The Kier molecular flexibility index (Phi) is 7.02. The molecule has 24 heavy (non-hydrogen) atoms. The summed E-state index contributed by atoms with van der Waals surface area (Å²) in [7, 11) is 0. The van der Waals surface area contributed by atoms with Crippen LogP contribution < -0.4 is 0 Å². The van der Waals surface area contributed by atoms with E-state index in [-0.39, 0.29) is 13.2 Å². The smallest absolute Gasteiger partial charge is 0.331 e. The normalized spacial score (nSPS) is 10.8. The summed E-state index contributed by atoms with van der Waals surface area (Å²) >= 11 is 0. The molecule has 0 radical (unpaired) electrons. The van der Waals surface area contributed by atoms with Crippen molar-refractivity contribution in [2.45, 2.75) is 13.2 Å². The summed E-state index contributed by atoms with van der Waals surface area (Å²) in [5, 5.41) is 0. The van der Waals surface area contributed by atoms with Crippen LogP contribution in [0.3, 0.4) is 0 Å². The largest absolute Gasteiger partial charge is 0.458 e. The molecular formula is C20H18O4. The second kappa shape index (κ2) is 9.79. The first-order chi connectivity index (χ1) is 11.7. The van der Waals surface area contributed by atoms with Crippen molar-refractivity contribution < 1.29 is 19.1 Å². The van der Waals surface area contributed by atoms with Crippen LogP contribution in [0.25, 0.3) is 0 Å². The maximum absolute atomic E-state index is 11.5. The molecule has 0 atom stereocenters. The second-order valence-electron chi connectivity index (χ2n) is 4.90. The fraction of sp³-hybridized carbons (Fsp3) is 0.100. The number of esters is 2. The molecule has 0 aliphatic rings. The number of ether oxygens (including phenoxy) is 2. The highest BCUT2D eigenvalue weighted by Gasteiger charge is 1.98. The maximum Gasteiger partial charge on any atom is 0.331 e. The van der Waals surface area contributed by atoms with E-state index in [0.29, 0.717) is 0 Å². The van der Waals surface area contributed by atoms with Gasteiger partial charge in [0.2, 0.25) is 0 Å². The zero-order chi connectivity index (χ0) is 17.0. The van der Waals surface area contributed by atoms with E-state index in [9.17, 15) is 9.59 Å². The van der Waals surface area contributed by atoms with E-state index in [1.165, 1.54) is 24.3 Å². The van der Waals surface area contributed by atoms with Crippen molar-refractivity contribution in [2.24, 2.45) is 0 Å². The van der Waals surface area contributed by atoms with Crippen LogP contribution in [-0.2, 0) is 32.3 Å². The zero-order valence-electron chi connectivity index (χ0n) is 13.1. The minimum atomic E-state index is -0.471. The van der Waals surface area contributed by atoms with Gasteiger partial charge in [0.15, 0.2) is 0 Å². The molecule has 0 heterocycles. The lowest BCUT2D eigenvalue weighted by molar-refractivity contribution is -0.140. The Hall–Kier alpha value is -3.14. The number of rotatable bonds is 7. The number of hydrogen-bond donors (Lipinski definition) is 0. The van der Waals surface area contributed by atoms with Gasteiger partial charge in [0.1, 0.15) is 13.2 Å². The quantitative estimate of drug-likeness (QED) is 0.444. The molecule has 2 rings (SSSR count). The van der Waals surface area contributed by atoms with E-state index in [2.05, 4.69) is 0 Å². The molecule has 0 aromatic heterocycles. The molecule has 4 heteroatoms. The van der Waals surface area contributed by atoms with Crippen LogP contribution in [0.1, 0.15) is 11.1 Å². The Balaban J connectivity index is 1.67. The van der Waals surface area contributed by atoms with Gasteiger partial charge in [-0.15, -0.1) is 0 Å². The molecule has 2 aromatic rings. The van der Waals surface area contributed by atoms with Crippen molar-refractivity contribution in [2.75, 3.05) is 0 Å². The fourth-order valence-corrected chi connectivity index (χ4v) is 1.82. The van der Waals surface area contributed by atoms with Gasteiger partial charge in [-0.25, -0.2) is 9.59 Å². The lowest BCUT2D eigenvalue weighted by Crippen LogP contribution is -2.01. The van der Waals surface area contributed by atoms with Gasteiger partial charge >= 0.3 is 11.9 Å². The highest BCUT2D eigenvalue weighted by Crippen LogP contribution is 2.02. The maximum atomic E-state index is 11.5. The highest BCUT2D eigenvalue weighted by molar-refractivity contribution is 5.84. The predicted molar refractivity (Wildman–Crippen MR) is 90.8 cm³/mol. The third kappa shape index (κ3) is 6.75. The molecule has 0 unspecified atom stereocenters. The van der Waals surface area contributed by atoms with Gasteiger partial charge < -0.3 is 9.47 Å². The van der Waals surface area contributed by atoms with Gasteiger partial charge in [-0.3, -0.25) is 0 Å². The summed E-state index contributed by atoms with van der Waals surface area (Å²) in [5.41, 5.74) is 1.83. The Morgan fingerprint density at radius 1 is 0.667 bits per heavy atom. The molecule has 0 aliphatic heterocycles.